The average molecular weight is 409 g/mol. The van der Waals surface area contributed by atoms with Crippen molar-refractivity contribution >= 4 is 39.1 Å². The van der Waals surface area contributed by atoms with Crippen LogP contribution in [0.2, 0.25) is 0 Å². The Morgan fingerprint density at radius 2 is 1.68 bits per heavy atom. The highest BCUT2D eigenvalue weighted by atomic mass is 79.9. The minimum atomic E-state index is -0.524. The van der Waals surface area contributed by atoms with E-state index in [9.17, 15) is 14.0 Å². The van der Waals surface area contributed by atoms with Crippen LogP contribution in [0, 0.1) is 5.82 Å². The Kier molecular flexibility index (Phi) is 6.66. The maximum Gasteiger partial charge on any atom is 0.282 e. The molecule has 0 aliphatic rings. The summed E-state index contributed by atoms with van der Waals surface area (Å²) in [5.74, 6) is -1.06. The first-order valence-electron chi connectivity index (χ1n) is 7.80. The molecule has 0 aliphatic heterocycles. The molecule has 5 nitrogen and oxygen atoms in total. The number of hydrogen-bond acceptors (Lipinski definition) is 2. The Morgan fingerprint density at radius 1 is 1.08 bits per heavy atom. The fourth-order valence-electron chi connectivity index (χ4n) is 2.19. The van der Waals surface area contributed by atoms with Crippen LogP contribution in [0.1, 0.15) is 6.92 Å². The number of hydrogen-bond donors (Lipinski definition) is 3. The minimum Gasteiger partial charge on any atom is -0.320 e. The van der Waals surface area contributed by atoms with Crippen LogP contribution in [0.3, 0.4) is 0 Å². The van der Waals surface area contributed by atoms with Crippen LogP contribution in [0.15, 0.2) is 53.0 Å². The molecule has 0 bridgehead atoms. The lowest BCUT2D eigenvalue weighted by Crippen LogP contribution is -3.14. The van der Waals surface area contributed by atoms with E-state index in [1.165, 1.54) is 12.1 Å². The number of halogens is 2. The van der Waals surface area contributed by atoms with E-state index in [2.05, 4.69) is 26.6 Å². The second-order valence-corrected chi connectivity index (χ2v) is 6.60. The highest BCUT2D eigenvalue weighted by Crippen LogP contribution is 2.20. The molecule has 0 saturated carbocycles. The van der Waals surface area contributed by atoms with Crippen LogP contribution in [0.25, 0.3) is 0 Å². The van der Waals surface area contributed by atoms with Crippen molar-refractivity contribution in [3.63, 3.8) is 0 Å². The summed E-state index contributed by atoms with van der Waals surface area (Å²) in [6, 6.07) is 12.7. The number of rotatable bonds is 6. The molecule has 0 aliphatic carbocycles. The SMILES string of the molecule is C[C@H](C(=O)Nc1ccccc1F)[NH+](C)CC(=O)Nc1ccccc1Br. The molecule has 2 aromatic rings. The van der Waals surface area contributed by atoms with Gasteiger partial charge in [-0.1, -0.05) is 24.3 Å². The van der Waals surface area contributed by atoms with E-state index in [0.717, 1.165) is 4.47 Å². The van der Waals surface area contributed by atoms with Crippen molar-refractivity contribution in [2.75, 3.05) is 24.2 Å². The molecule has 2 amide bonds. The lowest BCUT2D eigenvalue weighted by Gasteiger charge is -2.21. The molecule has 0 saturated heterocycles. The number of nitrogens with one attached hydrogen (secondary N) is 3. The molecule has 2 rings (SSSR count). The van der Waals surface area contributed by atoms with E-state index in [1.54, 1.807) is 32.2 Å². The largest absolute Gasteiger partial charge is 0.320 e. The third-order valence-corrected chi connectivity index (χ3v) is 4.54. The van der Waals surface area contributed by atoms with Crippen molar-refractivity contribution in [3.05, 3.63) is 58.8 Å². The number of carbonyl (C=O) groups is 2. The molecular formula is C18H20BrFN3O2+. The normalized spacial score (nSPS) is 13.0. The number of amides is 2. The maximum absolute atomic E-state index is 13.6. The molecule has 132 valence electrons. The number of para-hydroxylation sites is 2. The topological polar surface area (TPSA) is 62.6 Å². The van der Waals surface area contributed by atoms with Gasteiger partial charge in [-0.3, -0.25) is 9.59 Å². The predicted octanol–water partition coefficient (Wildman–Crippen LogP) is 2.07. The van der Waals surface area contributed by atoms with Gasteiger partial charge in [0, 0.05) is 4.47 Å². The van der Waals surface area contributed by atoms with Gasteiger partial charge in [-0.05, 0) is 47.1 Å². The summed E-state index contributed by atoms with van der Waals surface area (Å²) in [6.45, 7) is 1.80. The monoisotopic (exact) mass is 408 g/mol. The molecule has 2 aromatic carbocycles. The van der Waals surface area contributed by atoms with E-state index in [4.69, 9.17) is 0 Å². The Labute approximate surface area is 154 Å². The molecular weight excluding hydrogens is 389 g/mol. The molecule has 25 heavy (non-hydrogen) atoms. The van der Waals surface area contributed by atoms with Crippen LogP contribution >= 0.6 is 15.9 Å². The molecule has 0 aromatic heterocycles. The molecule has 2 atom stereocenters. The molecule has 0 heterocycles. The number of quaternary nitrogens is 1. The van der Waals surface area contributed by atoms with Gasteiger partial charge < -0.3 is 15.5 Å². The zero-order chi connectivity index (χ0) is 18.4. The summed E-state index contributed by atoms with van der Waals surface area (Å²) in [5.41, 5.74) is 0.800. The van der Waals surface area contributed by atoms with Crippen LogP contribution in [0.4, 0.5) is 15.8 Å². The summed E-state index contributed by atoms with van der Waals surface area (Å²) >= 11 is 3.37. The van der Waals surface area contributed by atoms with Gasteiger partial charge >= 0.3 is 0 Å². The van der Waals surface area contributed by atoms with E-state index < -0.39 is 11.9 Å². The molecule has 0 radical (unpaired) electrons. The van der Waals surface area contributed by atoms with Gasteiger partial charge in [-0.25, -0.2) is 4.39 Å². The van der Waals surface area contributed by atoms with Crippen molar-refractivity contribution < 1.29 is 18.9 Å². The Hall–Kier alpha value is -2.25. The Morgan fingerprint density at radius 3 is 2.32 bits per heavy atom. The van der Waals surface area contributed by atoms with Crippen LogP contribution in [0.5, 0.6) is 0 Å². The maximum atomic E-state index is 13.6. The van der Waals surface area contributed by atoms with Gasteiger partial charge in [0.15, 0.2) is 12.6 Å². The number of benzene rings is 2. The molecule has 0 spiro atoms. The van der Waals surface area contributed by atoms with Crippen LogP contribution < -0.4 is 15.5 Å². The Bertz CT molecular complexity index is 769. The Balaban J connectivity index is 1.92. The summed E-state index contributed by atoms with van der Waals surface area (Å²) in [4.78, 5) is 25.1. The summed E-state index contributed by atoms with van der Waals surface area (Å²) in [7, 11) is 1.74. The van der Waals surface area contributed by atoms with E-state index in [-0.39, 0.29) is 24.0 Å². The second-order valence-electron chi connectivity index (χ2n) is 5.74. The zero-order valence-corrected chi connectivity index (χ0v) is 15.6. The fourth-order valence-corrected chi connectivity index (χ4v) is 2.57. The van der Waals surface area contributed by atoms with Crippen molar-refractivity contribution in [1.82, 2.24) is 0 Å². The molecule has 7 heteroatoms. The van der Waals surface area contributed by atoms with Crippen molar-refractivity contribution in [3.8, 4) is 0 Å². The summed E-state index contributed by atoms with van der Waals surface area (Å²) in [6.07, 6.45) is 0. The lowest BCUT2D eigenvalue weighted by atomic mass is 10.2. The highest BCUT2D eigenvalue weighted by molar-refractivity contribution is 9.10. The molecule has 1 unspecified atom stereocenters. The zero-order valence-electron chi connectivity index (χ0n) is 14.0. The standard InChI is InChI=1S/C18H19BrFN3O2/c1-12(18(25)22-16-10-6-4-8-14(16)20)23(2)11-17(24)21-15-9-5-3-7-13(15)19/h3-10,12H,11H2,1-2H3,(H,21,24)(H,22,25)/p+1/t12-/m1/s1. The predicted molar refractivity (Wildman–Crippen MR) is 99.0 cm³/mol. The minimum absolute atomic E-state index is 0.104. The smallest absolute Gasteiger partial charge is 0.282 e. The summed E-state index contributed by atoms with van der Waals surface area (Å²) in [5, 5.41) is 5.34. The quantitative estimate of drug-likeness (QED) is 0.684. The van der Waals surface area contributed by atoms with Crippen LogP contribution in [-0.4, -0.2) is 31.4 Å². The van der Waals surface area contributed by atoms with Gasteiger partial charge in [0.2, 0.25) is 0 Å². The number of likely N-dealkylation sites (N-methyl/N-ethyl adjacent to an activating group) is 1. The summed E-state index contributed by atoms with van der Waals surface area (Å²) < 4.78 is 14.4. The van der Waals surface area contributed by atoms with Gasteiger partial charge in [-0.2, -0.15) is 0 Å². The average Bonchev–Trinajstić information content (AvgIpc) is 2.58. The van der Waals surface area contributed by atoms with E-state index in [0.29, 0.717) is 10.6 Å². The third-order valence-electron chi connectivity index (χ3n) is 3.85. The van der Waals surface area contributed by atoms with Gasteiger partial charge in [0.25, 0.3) is 11.8 Å². The van der Waals surface area contributed by atoms with Gasteiger partial charge in [-0.15, -0.1) is 0 Å². The fraction of sp³-hybridized carbons (Fsp3) is 0.222. The lowest BCUT2D eigenvalue weighted by molar-refractivity contribution is -0.885. The molecule has 3 N–H and O–H groups in total. The van der Waals surface area contributed by atoms with Crippen molar-refractivity contribution in [1.29, 1.82) is 0 Å². The van der Waals surface area contributed by atoms with Crippen LogP contribution in [-0.2, 0) is 9.59 Å². The first kappa shape index (κ1) is 19.1. The first-order valence-corrected chi connectivity index (χ1v) is 8.60. The van der Waals surface area contributed by atoms with Crippen molar-refractivity contribution in [2.45, 2.75) is 13.0 Å². The van der Waals surface area contributed by atoms with Gasteiger partial charge in [0.05, 0.1) is 18.4 Å². The highest BCUT2D eigenvalue weighted by Gasteiger charge is 2.24. The van der Waals surface area contributed by atoms with E-state index >= 15 is 0 Å². The number of carbonyl (C=O) groups excluding carboxylic acids is 2. The molecule has 0 fully saturated rings. The third kappa shape index (κ3) is 5.37. The number of anilines is 2. The first-order chi connectivity index (χ1) is 11.9. The second kappa shape index (κ2) is 8.73. The van der Waals surface area contributed by atoms with Crippen molar-refractivity contribution in [2.24, 2.45) is 0 Å². The van der Waals surface area contributed by atoms with Gasteiger partial charge in [0.1, 0.15) is 5.82 Å². The van der Waals surface area contributed by atoms with E-state index in [1.807, 2.05) is 18.2 Å².